The molecule has 1 N–H and O–H groups in total. The average Bonchev–Trinajstić information content (AvgIpc) is 3.05. The molecule has 1 aliphatic heterocycles. The molecule has 2 aromatic rings. The SMILES string of the molecule is CC(C)(C)C(=O)N1N=C(c2ccc(NS(C)(=O)=O)cc2)CC1c1ccccc1. The Hall–Kier alpha value is -2.67. The highest BCUT2D eigenvalue weighted by Gasteiger charge is 2.37. The van der Waals surface area contributed by atoms with Gasteiger partial charge in [0, 0.05) is 17.5 Å². The van der Waals surface area contributed by atoms with Gasteiger partial charge in [-0.2, -0.15) is 5.10 Å². The fraction of sp³-hybridized carbons (Fsp3) is 0.333. The molecule has 0 fully saturated rings. The molecule has 7 heteroatoms. The number of benzene rings is 2. The topological polar surface area (TPSA) is 78.8 Å². The Bertz CT molecular complexity index is 991. The maximum Gasteiger partial charge on any atom is 0.248 e. The van der Waals surface area contributed by atoms with E-state index in [4.69, 9.17) is 0 Å². The number of sulfonamides is 1. The van der Waals surface area contributed by atoms with E-state index in [9.17, 15) is 13.2 Å². The van der Waals surface area contributed by atoms with Crippen LogP contribution in [0.5, 0.6) is 0 Å². The molecule has 1 atom stereocenters. The number of anilines is 1. The van der Waals surface area contributed by atoms with E-state index in [1.165, 1.54) is 0 Å². The van der Waals surface area contributed by atoms with Gasteiger partial charge in [0.2, 0.25) is 15.9 Å². The van der Waals surface area contributed by atoms with Gasteiger partial charge in [-0.05, 0) is 23.3 Å². The lowest BCUT2D eigenvalue weighted by Gasteiger charge is -2.28. The van der Waals surface area contributed by atoms with Crippen LogP contribution in [0.4, 0.5) is 5.69 Å². The van der Waals surface area contributed by atoms with Crippen molar-refractivity contribution in [3.8, 4) is 0 Å². The number of rotatable bonds is 4. The van der Waals surface area contributed by atoms with Gasteiger partial charge in [0.05, 0.1) is 18.0 Å². The first-order valence-corrected chi connectivity index (χ1v) is 11.0. The van der Waals surface area contributed by atoms with Crippen molar-refractivity contribution in [1.29, 1.82) is 0 Å². The Labute approximate surface area is 166 Å². The normalized spacial score (nSPS) is 17.4. The molecule has 0 aromatic heterocycles. The van der Waals surface area contributed by atoms with Gasteiger partial charge >= 0.3 is 0 Å². The van der Waals surface area contributed by atoms with E-state index in [-0.39, 0.29) is 11.9 Å². The zero-order chi connectivity index (χ0) is 20.5. The van der Waals surface area contributed by atoms with Gasteiger partial charge in [0.15, 0.2) is 0 Å². The molecule has 1 heterocycles. The lowest BCUT2D eigenvalue weighted by atomic mass is 9.93. The minimum Gasteiger partial charge on any atom is -0.284 e. The summed E-state index contributed by atoms with van der Waals surface area (Å²) in [5.41, 5.74) is 2.65. The highest BCUT2D eigenvalue weighted by Crippen LogP contribution is 2.36. The van der Waals surface area contributed by atoms with Crippen molar-refractivity contribution in [1.82, 2.24) is 5.01 Å². The third-order valence-electron chi connectivity index (χ3n) is 4.47. The van der Waals surface area contributed by atoms with Crippen molar-refractivity contribution in [2.24, 2.45) is 10.5 Å². The standard InChI is InChI=1S/C21H25N3O3S/c1-21(2,3)20(25)24-19(16-8-6-5-7-9-16)14-18(22-24)15-10-12-17(13-11-15)23-28(4,26)27/h5-13,19,23H,14H2,1-4H3. The van der Waals surface area contributed by atoms with Crippen molar-refractivity contribution in [3.05, 3.63) is 65.7 Å². The molecular weight excluding hydrogens is 374 g/mol. The Morgan fingerprint density at radius 3 is 2.21 bits per heavy atom. The fourth-order valence-corrected chi connectivity index (χ4v) is 3.66. The quantitative estimate of drug-likeness (QED) is 0.850. The van der Waals surface area contributed by atoms with Crippen LogP contribution in [0.1, 0.15) is 44.4 Å². The summed E-state index contributed by atoms with van der Waals surface area (Å²) in [6.07, 6.45) is 1.72. The van der Waals surface area contributed by atoms with Crippen LogP contribution in [-0.4, -0.2) is 31.3 Å². The third kappa shape index (κ3) is 4.59. The largest absolute Gasteiger partial charge is 0.284 e. The maximum atomic E-state index is 13.0. The van der Waals surface area contributed by atoms with Crippen LogP contribution in [0.2, 0.25) is 0 Å². The molecule has 3 rings (SSSR count). The molecule has 1 aliphatic rings. The first kappa shape index (κ1) is 20.1. The molecule has 1 unspecified atom stereocenters. The summed E-state index contributed by atoms with van der Waals surface area (Å²) in [5, 5.41) is 6.24. The van der Waals surface area contributed by atoms with Gasteiger partial charge in [-0.25, -0.2) is 13.4 Å². The van der Waals surface area contributed by atoms with Gasteiger partial charge < -0.3 is 0 Å². The van der Waals surface area contributed by atoms with Gasteiger partial charge in [-0.15, -0.1) is 0 Å². The fourth-order valence-electron chi connectivity index (χ4n) is 3.10. The Morgan fingerprint density at radius 1 is 1.07 bits per heavy atom. The van der Waals surface area contributed by atoms with E-state index >= 15 is 0 Å². The van der Waals surface area contributed by atoms with Gasteiger partial charge in [0.1, 0.15) is 0 Å². The van der Waals surface area contributed by atoms with E-state index < -0.39 is 15.4 Å². The van der Waals surface area contributed by atoms with Crippen molar-refractivity contribution >= 4 is 27.3 Å². The van der Waals surface area contributed by atoms with Crippen LogP contribution in [0, 0.1) is 5.41 Å². The predicted octanol–water partition coefficient (Wildman–Crippen LogP) is 3.78. The second-order valence-electron chi connectivity index (χ2n) is 8.03. The van der Waals surface area contributed by atoms with Crippen LogP contribution in [0.25, 0.3) is 0 Å². The van der Waals surface area contributed by atoms with Gasteiger partial charge in [-0.1, -0.05) is 63.2 Å². The van der Waals surface area contributed by atoms with E-state index in [0.717, 1.165) is 23.1 Å². The van der Waals surface area contributed by atoms with Crippen molar-refractivity contribution in [3.63, 3.8) is 0 Å². The summed E-state index contributed by atoms with van der Waals surface area (Å²) >= 11 is 0. The summed E-state index contributed by atoms with van der Waals surface area (Å²) in [4.78, 5) is 13.0. The van der Waals surface area contributed by atoms with E-state index in [1.807, 2.05) is 63.2 Å². The van der Waals surface area contributed by atoms with E-state index in [2.05, 4.69) is 9.82 Å². The van der Waals surface area contributed by atoms with Gasteiger partial charge in [-0.3, -0.25) is 9.52 Å². The lowest BCUT2D eigenvalue weighted by Crippen LogP contribution is -2.36. The number of hydrogen-bond donors (Lipinski definition) is 1. The summed E-state index contributed by atoms with van der Waals surface area (Å²) in [5.74, 6) is -0.0354. The molecule has 0 saturated carbocycles. The number of hydrazone groups is 1. The molecule has 28 heavy (non-hydrogen) atoms. The smallest absolute Gasteiger partial charge is 0.248 e. The van der Waals surface area contributed by atoms with Crippen molar-refractivity contribution in [2.75, 3.05) is 11.0 Å². The molecule has 0 aliphatic carbocycles. The third-order valence-corrected chi connectivity index (χ3v) is 5.07. The Morgan fingerprint density at radius 2 is 1.68 bits per heavy atom. The number of nitrogens with zero attached hydrogens (tertiary/aromatic N) is 2. The molecule has 2 aromatic carbocycles. The summed E-state index contributed by atoms with van der Waals surface area (Å²) in [7, 11) is -3.32. The van der Waals surface area contributed by atoms with Crippen LogP contribution in [-0.2, 0) is 14.8 Å². The molecular formula is C21H25N3O3S. The van der Waals surface area contributed by atoms with E-state index in [0.29, 0.717) is 12.1 Å². The molecule has 1 amide bonds. The zero-order valence-corrected chi connectivity index (χ0v) is 17.3. The number of carbonyl (C=O) groups is 1. The number of hydrogen-bond acceptors (Lipinski definition) is 4. The van der Waals surface area contributed by atoms with Crippen molar-refractivity contribution < 1.29 is 13.2 Å². The number of carbonyl (C=O) groups excluding carboxylic acids is 1. The highest BCUT2D eigenvalue weighted by molar-refractivity contribution is 7.92. The maximum absolute atomic E-state index is 13.0. The zero-order valence-electron chi connectivity index (χ0n) is 16.5. The van der Waals surface area contributed by atoms with Crippen molar-refractivity contribution in [2.45, 2.75) is 33.2 Å². The molecule has 6 nitrogen and oxygen atoms in total. The molecule has 148 valence electrons. The Balaban J connectivity index is 1.92. The Kier molecular flexibility index (Phi) is 5.30. The molecule has 0 spiro atoms. The second-order valence-corrected chi connectivity index (χ2v) is 9.78. The predicted molar refractivity (Wildman–Crippen MR) is 112 cm³/mol. The second kappa shape index (κ2) is 7.39. The van der Waals surface area contributed by atoms with Crippen LogP contribution >= 0.6 is 0 Å². The minimum absolute atomic E-state index is 0.0354. The van der Waals surface area contributed by atoms with Gasteiger partial charge in [0.25, 0.3) is 0 Å². The summed E-state index contributed by atoms with van der Waals surface area (Å²) in [6.45, 7) is 5.66. The first-order chi connectivity index (χ1) is 13.0. The van der Waals surface area contributed by atoms with Crippen LogP contribution < -0.4 is 4.72 Å². The average molecular weight is 400 g/mol. The lowest BCUT2D eigenvalue weighted by molar-refractivity contribution is -0.141. The minimum atomic E-state index is -3.32. The van der Waals surface area contributed by atoms with Crippen LogP contribution in [0.15, 0.2) is 59.7 Å². The van der Waals surface area contributed by atoms with E-state index in [1.54, 1.807) is 17.1 Å². The summed E-state index contributed by atoms with van der Waals surface area (Å²) < 4.78 is 25.2. The number of nitrogens with one attached hydrogen (secondary N) is 1. The molecule has 0 radical (unpaired) electrons. The first-order valence-electron chi connectivity index (χ1n) is 9.09. The monoisotopic (exact) mass is 399 g/mol. The molecule has 0 bridgehead atoms. The highest BCUT2D eigenvalue weighted by atomic mass is 32.2. The summed E-state index contributed by atoms with van der Waals surface area (Å²) in [6, 6.07) is 16.8. The molecule has 0 saturated heterocycles. The van der Waals surface area contributed by atoms with Crippen LogP contribution in [0.3, 0.4) is 0 Å². The number of amides is 1.